The van der Waals surface area contributed by atoms with Crippen molar-refractivity contribution in [1.82, 2.24) is 0 Å². The Kier molecular flexibility index (Phi) is 2.70. The van der Waals surface area contributed by atoms with Crippen molar-refractivity contribution >= 4 is 5.69 Å². The Morgan fingerprint density at radius 1 is 1.31 bits per heavy atom. The molecule has 1 unspecified atom stereocenters. The van der Waals surface area contributed by atoms with Gasteiger partial charge in [0.2, 0.25) is 0 Å². The molecule has 1 aromatic rings. The van der Waals surface area contributed by atoms with Crippen LogP contribution in [0, 0.1) is 13.8 Å². The van der Waals surface area contributed by atoms with Crippen LogP contribution in [0.4, 0.5) is 5.69 Å². The van der Waals surface area contributed by atoms with E-state index in [-0.39, 0.29) is 5.54 Å². The van der Waals surface area contributed by atoms with Crippen LogP contribution in [0.3, 0.4) is 0 Å². The predicted molar refractivity (Wildman–Crippen MR) is 69.9 cm³/mol. The lowest BCUT2D eigenvalue weighted by Gasteiger charge is -2.34. The highest BCUT2D eigenvalue weighted by molar-refractivity contribution is 5.57. The van der Waals surface area contributed by atoms with Crippen LogP contribution in [0.5, 0.6) is 0 Å². The van der Waals surface area contributed by atoms with E-state index in [9.17, 15) is 0 Å². The van der Waals surface area contributed by atoms with Gasteiger partial charge in [0.15, 0.2) is 0 Å². The molecule has 88 valence electrons. The van der Waals surface area contributed by atoms with Crippen molar-refractivity contribution in [3.05, 3.63) is 29.3 Å². The van der Waals surface area contributed by atoms with Crippen LogP contribution in [-0.2, 0) is 0 Å². The van der Waals surface area contributed by atoms with Gasteiger partial charge in [0.25, 0.3) is 0 Å². The monoisotopic (exact) mass is 218 g/mol. The van der Waals surface area contributed by atoms with Gasteiger partial charge in [-0.15, -0.1) is 0 Å². The van der Waals surface area contributed by atoms with Gasteiger partial charge in [0.05, 0.1) is 0 Å². The highest BCUT2D eigenvalue weighted by atomic mass is 15.2. The summed E-state index contributed by atoms with van der Waals surface area (Å²) in [7, 11) is 0. The van der Waals surface area contributed by atoms with Gasteiger partial charge in [-0.25, -0.2) is 0 Å². The summed E-state index contributed by atoms with van der Waals surface area (Å²) >= 11 is 0. The lowest BCUT2D eigenvalue weighted by atomic mass is 9.99. The molecule has 0 aromatic heterocycles. The van der Waals surface area contributed by atoms with Crippen LogP contribution in [0.25, 0.3) is 0 Å². The molecular weight excluding hydrogens is 196 g/mol. The summed E-state index contributed by atoms with van der Waals surface area (Å²) < 4.78 is 0. The Hall–Kier alpha value is -1.02. The van der Waals surface area contributed by atoms with Gasteiger partial charge in [-0.1, -0.05) is 17.7 Å². The summed E-state index contributed by atoms with van der Waals surface area (Å²) in [5.74, 6) is 0. The molecule has 1 fully saturated rings. The van der Waals surface area contributed by atoms with E-state index in [0.29, 0.717) is 6.04 Å². The quantitative estimate of drug-likeness (QED) is 0.785. The largest absolute Gasteiger partial charge is 0.365 e. The van der Waals surface area contributed by atoms with Crippen LogP contribution < -0.4 is 10.6 Å². The van der Waals surface area contributed by atoms with Gasteiger partial charge in [0.1, 0.15) is 0 Å². The number of hydrogen-bond acceptors (Lipinski definition) is 2. The zero-order chi connectivity index (χ0) is 11.9. The van der Waals surface area contributed by atoms with Gasteiger partial charge in [0, 0.05) is 23.8 Å². The topological polar surface area (TPSA) is 29.3 Å². The first kappa shape index (κ1) is 11.5. The Morgan fingerprint density at radius 2 is 2.00 bits per heavy atom. The maximum absolute atomic E-state index is 6.08. The molecule has 0 amide bonds. The third-order valence-electron chi connectivity index (χ3n) is 3.55. The lowest BCUT2D eigenvalue weighted by Crippen LogP contribution is -2.38. The van der Waals surface area contributed by atoms with Crippen molar-refractivity contribution in [2.75, 3.05) is 11.4 Å². The molecule has 2 heteroatoms. The Bertz CT molecular complexity index is 396. The summed E-state index contributed by atoms with van der Waals surface area (Å²) in [6.45, 7) is 9.84. The third-order valence-corrected chi connectivity index (χ3v) is 3.55. The average Bonchev–Trinajstić information content (AvgIpc) is 2.39. The summed E-state index contributed by atoms with van der Waals surface area (Å²) in [5, 5.41) is 0. The molecule has 1 aromatic carbocycles. The predicted octanol–water partition coefficient (Wildman–Crippen LogP) is 2.62. The maximum atomic E-state index is 6.08. The molecule has 1 heterocycles. The van der Waals surface area contributed by atoms with Crippen molar-refractivity contribution < 1.29 is 0 Å². The van der Waals surface area contributed by atoms with E-state index >= 15 is 0 Å². The van der Waals surface area contributed by atoms with Crippen molar-refractivity contribution in [3.63, 3.8) is 0 Å². The molecule has 0 aliphatic carbocycles. The fraction of sp³-hybridized carbons (Fsp3) is 0.571. The Morgan fingerprint density at radius 3 is 2.50 bits per heavy atom. The number of nitrogens with two attached hydrogens (primary N) is 1. The molecule has 1 saturated heterocycles. The van der Waals surface area contributed by atoms with Gasteiger partial charge >= 0.3 is 0 Å². The summed E-state index contributed by atoms with van der Waals surface area (Å²) in [5.41, 5.74) is 10.3. The lowest BCUT2D eigenvalue weighted by molar-refractivity contribution is 0.505. The second kappa shape index (κ2) is 3.77. The first-order valence-electron chi connectivity index (χ1n) is 6.00. The second-order valence-corrected chi connectivity index (χ2v) is 5.68. The molecular formula is C14H22N2. The summed E-state index contributed by atoms with van der Waals surface area (Å²) in [6.07, 6.45) is 1.07. The highest BCUT2D eigenvalue weighted by Crippen LogP contribution is 2.35. The molecule has 2 nitrogen and oxygen atoms in total. The average molecular weight is 218 g/mol. The van der Waals surface area contributed by atoms with Crippen molar-refractivity contribution in [2.24, 2.45) is 5.73 Å². The first-order chi connectivity index (χ1) is 7.40. The Balaban J connectivity index is 2.37. The number of hydrogen-bond donors (Lipinski definition) is 1. The molecule has 2 N–H and O–H groups in total. The van der Waals surface area contributed by atoms with Crippen LogP contribution in [0.1, 0.15) is 31.4 Å². The smallest absolute Gasteiger partial charge is 0.0401 e. The molecule has 2 rings (SSSR count). The van der Waals surface area contributed by atoms with E-state index in [1.54, 1.807) is 0 Å². The minimum Gasteiger partial charge on any atom is -0.365 e. The molecule has 0 spiro atoms. The van der Waals surface area contributed by atoms with Crippen molar-refractivity contribution in [1.29, 1.82) is 0 Å². The summed E-state index contributed by atoms with van der Waals surface area (Å²) in [6, 6.07) is 6.96. The van der Waals surface area contributed by atoms with E-state index in [4.69, 9.17) is 5.73 Å². The van der Waals surface area contributed by atoms with Gasteiger partial charge in [-0.2, -0.15) is 0 Å². The van der Waals surface area contributed by atoms with E-state index in [1.165, 1.54) is 16.8 Å². The van der Waals surface area contributed by atoms with Crippen LogP contribution in [0.2, 0.25) is 0 Å². The minimum absolute atomic E-state index is 0.180. The molecule has 1 aliphatic heterocycles. The van der Waals surface area contributed by atoms with Crippen LogP contribution >= 0.6 is 0 Å². The van der Waals surface area contributed by atoms with E-state index in [1.807, 2.05) is 0 Å². The van der Waals surface area contributed by atoms with Gasteiger partial charge < -0.3 is 10.6 Å². The zero-order valence-corrected chi connectivity index (χ0v) is 10.7. The molecule has 0 saturated carbocycles. The first-order valence-corrected chi connectivity index (χ1v) is 6.00. The van der Waals surface area contributed by atoms with Crippen LogP contribution in [0.15, 0.2) is 18.2 Å². The zero-order valence-electron chi connectivity index (χ0n) is 10.7. The fourth-order valence-corrected chi connectivity index (χ4v) is 2.83. The van der Waals surface area contributed by atoms with E-state index in [0.717, 1.165) is 13.0 Å². The number of benzene rings is 1. The maximum Gasteiger partial charge on any atom is 0.0401 e. The second-order valence-electron chi connectivity index (χ2n) is 5.68. The molecule has 0 radical (unpaired) electrons. The van der Waals surface area contributed by atoms with Gasteiger partial charge in [-0.05, 0) is 45.7 Å². The number of aryl methyl sites for hydroxylation is 2. The third kappa shape index (κ3) is 1.94. The molecule has 16 heavy (non-hydrogen) atoms. The van der Waals surface area contributed by atoms with E-state index in [2.05, 4.69) is 50.8 Å². The van der Waals surface area contributed by atoms with Crippen molar-refractivity contribution in [3.8, 4) is 0 Å². The fourth-order valence-electron chi connectivity index (χ4n) is 2.83. The molecule has 1 aliphatic rings. The minimum atomic E-state index is 0.180. The summed E-state index contributed by atoms with van der Waals surface area (Å²) in [4.78, 5) is 2.45. The van der Waals surface area contributed by atoms with Crippen molar-refractivity contribution in [2.45, 2.75) is 45.7 Å². The normalized spacial score (nSPS) is 23.8. The highest BCUT2D eigenvalue weighted by Gasteiger charge is 2.37. The van der Waals surface area contributed by atoms with Crippen LogP contribution in [-0.4, -0.2) is 18.1 Å². The Labute approximate surface area is 98.4 Å². The SMILES string of the molecule is Cc1ccc(N2CC(N)CC2(C)C)c(C)c1. The van der Waals surface area contributed by atoms with E-state index < -0.39 is 0 Å². The molecule has 0 bridgehead atoms. The standard InChI is InChI=1S/C14H22N2/c1-10-5-6-13(11(2)7-10)16-9-12(15)8-14(16,3)4/h5-7,12H,8-9,15H2,1-4H3. The number of rotatable bonds is 1. The number of anilines is 1. The number of nitrogens with zero attached hydrogens (tertiary/aromatic N) is 1. The van der Waals surface area contributed by atoms with Gasteiger partial charge in [-0.3, -0.25) is 0 Å². The molecule has 1 atom stereocenters.